The van der Waals surface area contributed by atoms with Gasteiger partial charge in [0.2, 0.25) is 5.91 Å². The molecule has 28 heavy (non-hydrogen) atoms. The summed E-state index contributed by atoms with van der Waals surface area (Å²) in [4.78, 5) is 21.4. The minimum atomic E-state index is -0.457. The Bertz CT molecular complexity index is 1160. The van der Waals surface area contributed by atoms with Crippen LogP contribution in [0, 0.1) is 12.3 Å². The first-order chi connectivity index (χ1) is 13.3. The van der Waals surface area contributed by atoms with E-state index in [-0.39, 0.29) is 5.91 Å². The zero-order valence-electron chi connectivity index (χ0n) is 16.2. The molecule has 0 saturated heterocycles. The molecule has 0 bridgehead atoms. The molecule has 0 spiro atoms. The number of hydrogen-bond acceptors (Lipinski definition) is 5. The Hall–Kier alpha value is -3.06. The van der Waals surface area contributed by atoms with Gasteiger partial charge in [-0.25, -0.2) is 14.5 Å². The van der Waals surface area contributed by atoms with Crippen molar-refractivity contribution in [3.05, 3.63) is 53.0 Å². The largest absolute Gasteiger partial charge is 0.325 e. The Labute approximate surface area is 167 Å². The minimum Gasteiger partial charge on any atom is -0.325 e. The molecule has 4 rings (SSSR count). The van der Waals surface area contributed by atoms with E-state index in [0.29, 0.717) is 0 Å². The highest BCUT2D eigenvalue weighted by Crippen LogP contribution is 2.27. The molecule has 1 amide bonds. The molecule has 0 atom stereocenters. The molecule has 0 radical (unpaired) electrons. The van der Waals surface area contributed by atoms with Crippen molar-refractivity contribution in [2.45, 2.75) is 27.7 Å². The lowest BCUT2D eigenvalue weighted by molar-refractivity contribution is -0.123. The summed E-state index contributed by atoms with van der Waals surface area (Å²) in [6.45, 7) is 7.67. The van der Waals surface area contributed by atoms with Crippen LogP contribution in [0.2, 0.25) is 0 Å². The summed E-state index contributed by atoms with van der Waals surface area (Å²) in [5.74, 6) is -0.0164. The Morgan fingerprint density at radius 3 is 2.64 bits per heavy atom. The summed E-state index contributed by atoms with van der Waals surface area (Å²) in [5, 5.41) is 9.61. The van der Waals surface area contributed by atoms with Crippen LogP contribution in [0.5, 0.6) is 0 Å². The van der Waals surface area contributed by atoms with Gasteiger partial charge < -0.3 is 5.32 Å². The van der Waals surface area contributed by atoms with Crippen LogP contribution < -0.4 is 5.32 Å². The highest BCUT2D eigenvalue weighted by atomic mass is 32.1. The van der Waals surface area contributed by atoms with Crippen LogP contribution in [-0.2, 0) is 4.79 Å². The number of imidazole rings is 1. The average molecular weight is 392 g/mol. The van der Waals surface area contributed by atoms with Crippen molar-refractivity contribution in [1.29, 1.82) is 0 Å². The monoisotopic (exact) mass is 391 g/mol. The maximum Gasteiger partial charge on any atom is 0.229 e. The van der Waals surface area contributed by atoms with Crippen molar-refractivity contribution in [2.24, 2.45) is 5.41 Å². The second-order valence-electron chi connectivity index (χ2n) is 7.75. The quantitative estimate of drug-likeness (QED) is 0.544. The van der Waals surface area contributed by atoms with E-state index in [4.69, 9.17) is 0 Å². The molecule has 1 aromatic carbocycles. The third-order valence-corrected chi connectivity index (χ3v) is 5.06. The lowest BCUT2D eigenvalue weighted by Gasteiger charge is -2.19. The molecule has 1 N–H and O–H groups in total. The van der Waals surface area contributed by atoms with E-state index in [9.17, 15) is 4.79 Å². The number of hydrogen-bond donors (Lipinski definition) is 1. The Morgan fingerprint density at radius 2 is 1.93 bits per heavy atom. The fourth-order valence-electron chi connectivity index (χ4n) is 2.72. The Kier molecular flexibility index (Phi) is 4.47. The summed E-state index contributed by atoms with van der Waals surface area (Å²) >= 11 is 1.54. The number of aromatic nitrogens is 4. The lowest BCUT2D eigenvalue weighted by atomic mass is 9.95. The van der Waals surface area contributed by atoms with Gasteiger partial charge in [0.15, 0.2) is 5.65 Å². The fraction of sp³-hybridized carbons (Fsp3) is 0.238. The van der Waals surface area contributed by atoms with Crippen molar-refractivity contribution in [3.8, 4) is 22.6 Å². The van der Waals surface area contributed by atoms with Crippen LogP contribution >= 0.6 is 11.3 Å². The Morgan fingerprint density at radius 1 is 1.11 bits per heavy atom. The standard InChI is InChI=1S/C21H21N5OS/c1-13-5-6-14(9-16(13)24-20(27)21(2,3)4)17-10-26-19(23-17)8-7-15(25-26)18-11-28-12-22-18/h5-12H,1-4H3,(H,24,27). The van der Waals surface area contributed by atoms with Gasteiger partial charge in [0.05, 0.1) is 17.4 Å². The van der Waals surface area contributed by atoms with Crippen molar-refractivity contribution in [1.82, 2.24) is 19.6 Å². The highest BCUT2D eigenvalue weighted by molar-refractivity contribution is 7.07. The Balaban J connectivity index is 1.70. The first kappa shape index (κ1) is 18.3. The zero-order valence-corrected chi connectivity index (χ0v) is 17.0. The molecule has 0 fully saturated rings. The second-order valence-corrected chi connectivity index (χ2v) is 8.47. The summed E-state index contributed by atoms with van der Waals surface area (Å²) in [6, 6.07) is 9.81. The molecule has 3 heterocycles. The molecule has 0 aliphatic carbocycles. The van der Waals surface area contributed by atoms with E-state index >= 15 is 0 Å². The number of nitrogens with zero attached hydrogens (tertiary/aromatic N) is 4. The van der Waals surface area contributed by atoms with E-state index in [1.54, 1.807) is 21.4 Å². The SMILES string of the molecule is Cc1ccc(-c2cn3nc(-c4cscn4)ccc3n2)cc1NC(=O)C(C)(C)C. The number of benzene rings is 1. The van der Waals surface area contributed by atoms with E-state index in [1.807, 2.05) is 69.6 Å². The predicted molar refractivity (Wildman–Crippen MR) is 112 cm³/mol. The lowest BCUT2D eigenvalue weighted by Crippen LogP contribution is -2.27. The van der Waals surface area contributed by atoms with Crippen molar-refractivity contribution < 1.29 is 4.79 Å². The number of amides is 1. The van der Waals surface area contributed by atoms with Crippen LogP contribution in [0.3, 0.4) is 0 Å². The summed E-state index contributed by atoms with van der Waals surface area (Å²) in [7, 11) is 0. The van der Waals surface area contributed by atoms with Gasteiger partial charge in [0.25, 0.3) is 0 Å². The van der Waals surface area contributed by atoms with E-state index in [0.717, 1.165) is 39.5 Å². The van der Waals surface area contributed by atoms with Gasteiger partial charge in [-0.15, -0.1) is 11.3 Å². The van der Waals surface area contributed by atoms with Crippen LogP contribution in [0.1, 0.15) is 26.3 Å². The van der Waals surface area contributed by atoms with E-state index < -0.39 is 5.41 Å². The van der Waals surface area contributed by atoms with Crippen molar-refractivity contribution in [3.63, 3.8) is 0 Å². The van der Waals surface area contributed by atoms with Gasteiger partial charge in [-0.2, -0.15) is 5.10 Å². The number of thiazole rings is 1. The first-order valence-electron chi connectivity index (χ1n) is 8.99. The molecular weight excluding hydrogens is 370 g/mol. The van der Waals surface area contributed by atoms with Crippen LogP contribution in [-0.4, -0.2) is 25.5 Å². The molecular formula is C21H21N5OS. The smallest absolute Gasteiger partial charge is 0.229 e. The van der Waals surface area contributed by atoms with Gasteiger partial charge in [0.1, 0.15) is 11.4 Å². The third kappa shape index (κ3) is 3.53. The summed E-state index contributed by atoms with van der Waals surface area (Å²) in [6.07, 6.45) is 1.89. The molecule has 4 aromatic rings. The number of carbonyl (C=O) groups excluding carboxylic acids is 1. The maximum atomic E-state index is 12.4. The maximum absolute atomic E-state index is 12.4. The van der Waals surface area contributed by atoms with Crippen LogP contribution in [0.15, 0.2) is 47.4 Å². The number of aryl methyl sites for hydroxylation is 1. The fourth-order valence-corrected chi connectivity index (χ4v) is 3.27. The number of carbonyl (C=O) groups is 1. The molecule has 0 unspecified atom stereocenters. The summed E-state index contributed by atoms with van der Waals surface area (Å²) in [5.41, 5.74) is 7.28. The zero-order chi connectivity index (χ0) is 19.9. The topological polar surface area (TPSA) is 72.2 Å². The highest BCUT2D eigenvalue weighted by Gasteiger charge is 2.22. The molecule has 0 aliphatic rings. The van der Waals surface area contributed by atoms with Crippen molar-refractivity contribution in [2.75, 3.05) is 5.32 Å². The number of anilines is 1. The molecule has 0 saturated carbocycles. The summed E-state index contributed by atoms with van der Waals surface area (Å²) < 4.78 is 1.76. The van der Waals surface area contributed by atoms with E-state index in [1.165, 1.54) is 0 Å². The second kappa shape index (κ2) is 6.83. The van der Waals surface area contributed by atoms with Gasteiger partial charge in [0, 0.05) is 22.0 Å². The van der Waals surface area contributed by atoms with E-state index in [2.05, 4.69) is 20.4 Å². The van der Waals surface area contributed by atoms with Gasteiger partial charge in [-0.3, -0.25) is 4.79 Å². The molecule has 7 heteroatoms. The van der Waals surface area contributed by atoms with Crippen LogP contribution in [0.25, 0.3) is 28.3 Å². The normalized spacial score (nSPS) is 11.7. The predicted octanol–water partition coefficient (Wildman–Crippen LogP) is 4.81. The molecule has 0 aliphatic heterocycles. The third-order valence-electron chi connectivity index (χ3n) is 4.48. The molecule has 142 valence electrons. The molecule has 3 aromatic heterocycles. The number of nitrogens with one attached hydrogen (secondary N) is 1. The number of fused-ring (bicyclic) bond motifs is 1. The van der Waals surface area contributed by atoms with Gasteiger partial charge >= 0.3 is 0 Å². The van der Waals surface area contributed by atoms with Gasteiger partial charge in [-0.05, 0) is 30.7 Å². The number of rotatable bonds is 3. The van der Waals surface area contributed by atoms with Crippen molar-refractivity contribution >= 4 is 28.6 Å². The average Bonchev–Trinajstić information content (AvgIpc) is 3.31. The molecule has 6 nitrogen and oxygen atoms in total. The van der Waals surface area contributed by atoms with Gasteiger partial charge in [-0.1, -0.05) is 32.9 Å². The first-order valence-corrected chi connectivity index (χ1v) is 9.93. The minimum absolute atomic E-state index is 0.0164. The van der Waals surface area contributed by atoms with Crippen LogP contribution in [0.4, 0.5) is 5.69 Å².